The van der Waals surface area contributed by atoms with Crippen LogP contribution in [-0.2, 0) is 4.79 Å². The smallest absolute Gasteiger partial charge is 0.230 e. The highest BCUT2D eigenvalue weighted by atomic mass is 16.2. The summed E-state index contributed by atoms with van der Waals surface area (Å²) in [5.74, 6) is 0.981. The Morgan fingerprint density at radius 2 is 1.96 bits per heavy atom. The molecule has 0 bridgehead atoms. The summed E-state index contributed by atoms with van der Waals surface area (Å²) in [7, 11) is 0. The Kier molecular flexibility index (Phi) is 4.78. The number of anilines is 2. The molecular weight excluding hydrogens is 342 g/mol. The summed E-state index contributed by atoms with van der Waals surface area (Å²) in [5, 5.41) is 15.8. The second-order valence-electron chi connectivity index (χ2n) is 6.55. The van der Waals surface area contributed by atoms with Crippen molar-refractivity contribution in [2.45, 2.75) is 12.8 Å². The summed E-state index contributed by atoms with van der Waals surface area (Å²) in [6, 6.07) is 13.5. The Morgan fingerprint density at radius 3 is 2.70 bits per heavy atom. The molecule has 4 rings (SSSR count). The summed E-state index contributed by atoms with van der Waals surface area (Å²) in [5.41, 5.74) is 1.53. The first kappa shape index (κ1) is 17.1. The van der Waals surface area contributed by atoms with Crippen LogP contribution in [0.25, 0.3) is 5.65 Å². The van der Waals surface area contributed by atoms with E-state index in [-0.39, 0.29) is 11.8 Å². The second kappa shape index (κ2) is 7.53. The number of piperidine rings is 1. The molecule has 2 aromatic heterocycles. The molecule has 0 aliphatic carbocycles. The van der Waals surface area contributed by atoms with E-state index in [0.29, 0.717) is 12.2 Å². The van der Waals surface area contributed by atoms with Crippen molar-refractivity contribution in [3.05, 3.63) is 55.1 Å². The van der Waals surface area contributed by atoms with Gasteiger partial charge in [-0.25, -0.2) is 0 Å². The monoisotopic (exact) mass is 363 g/mol. The van der Waals surface area contributed by atoms with Gasteiger partial charge in [0.1, 0.15) is 0 Å². The van der Waals surface area contributed by atoms with E-state index in [9.17, 15) is 4.79 Å². The standard InChI is InChI=1S/C19H21N7O/c1-2-12-25(16-6-4-3-5-7-16)19(27)15-10-13-24(14-11-15)18-9-8-17-20-22-23-26(17)21-18/h2-9,15H,1,10-14H2. The molecule has 0 unspecified atom stereocenters. The number of benzene rings is 1. The van der Waals surface area contributed by atoms with Crippen molar-refractivity contribution in [2.75, 3.05) is 29.4 Å². The first-order valence-electron chi connectivity index (χ1n) is 9.04. The van der Waals surface area contributed by atoms with Gasteiger partial charge in [0.15, 0.2) is 11.5 Å². The lowest BCUT2D eigenvalue weighted by Gasteiger charge is -2.34. The molecule has 138 valence electrons. The highest BCUT2D eigenvalue weighted by Gasteiger charge is 2.29. The zero-order chi connectivity index (χ0) is 18.6. The number of para-hydroxylation sites is 1. The third-order valence-corrected chi connectivity index (χ3v) is 4.87. The predicted molar refractivity (Wildman–Crippen MR) is 103 cm³/mol. The van der Waals surface area contributed by atoms with Crippen LogP contribution >= 0.6 is 0 Å². The predicted octanol–water partition coefficient (Wildman–Crippen LogP) is 1.95. The van der Waals surface area contributed by atoms with Crippen molar-refractivity contribution >= 4 is 23.1 Å². The van der Waals surface area contributed by atoms with Gasteiger partial charge in [-0.2, -0.15) is 0 Å². The van der Waals surface area contributed by atoms with Gasteiger partial charge in [0, 0.05) is 31.2 Å². The maximum Gasteiger partial charge on any atom is 0.230 e. The van der Waals surface area contributed by atoms with Gasteiger partial charge in [0.25, 0.3) is 0 Å². The first-order valence-corrected chi connectivity index (χ1v) is 9.04. The molecule has 1 aliphatic heterocycles. The summed E-state index contributed by atoms with van der Waals surface area (Å²) in [6.07, 6.45) is 3.34. The molecule has 3 aromatic rings. The zero-order valence-corrected chi connectivity index (χ0v) is 15.0. The number of rotatable bonds is 5. The van der Waals surface area contributed by atoms with Crippen LogP contribution in [0.5, 0.6) is 0 Å². The van der Waals surface area contributed by atoms with Gasteiger partial charge in [-0.3, -0.25) is 4.79 Å². The summed E-state index contributed by atoms with van der Waals surface area (Å²) >= 11 is 0. The number of amides is 1. The third-order valence-electron chi connectivity index (χ3n) is 4.87. The van der Waals surface area contributed by atoms with Crippen molar-refractivity contribution in [3.8, 4) is 0 Å². The SMILES string of the molecule is C=CCN(C(=O)C1CCN(c2ccc3nnnn3n2)CC1)c1ccccc1. The van der Waals surface area contributed by atoms with Gasteiger partial charge in [0.2, 0.25) is 5.91 Å². The third kappa shape index (κ3) is 3.51. The maximum atomic E-state index is 13.1. The van der Waals surface area contributed by atoms with Crippen LogP contribution in [0.1, 0.15) is 12.8 Å². The minimum atomic E-state index is -0.00169. The number of nitrogens with zero attached hydrogens (tertiary/aromatic N) is 7. The topological polar surface area (TPSA) is 79.5 Å². The summed E-state index contributed by atoms with van der Waals surface area (Å²) in [4.78, 5) is 17.1. The van der Waals surface area contributed by atoms with Crippen molar-refractivity contribution in [1.82, 2.24) is 25.3 Å². The van der Waals surface area contributed by atoms with Gasteiger partial charge < -0.3 is 9.80 Å². The van der Waals surface area contributed by atoms with Crippen molar-refractivity contribution in [1.29, 1.82) is 0 Å². The molecule has 27 heavy (non-hydrogen) atoms. The van der Waals surface area contributed by atoms with E-state index in [2.05, 4.69) is 32.1 Å². The Hall–Kier alpha value is -3.29. The largest absolute Gasteiger partial charge is 0.355 e. The highest BCUT2D eigenvalue weighted by molar-refractivity contribution is 5.95. The van der Waals surface area contributed by atoms with Crippen molar-refractivity contribution in [2.24, 2.45) is 5.92 Å². The zero-order valence-electron chi connectivity index (χ0n) is 15.0. The van der Waals surface area contributed by atoms with Crippen LogP contribution in [0, 0.1) is 5.92 Å². The van der Waals surface area contributed by atoms with E-state index in [1.54, 1.807) is 6.08 Å². The lowest BCUT2D eigenvalue weighted by molar-refractivity contribution is -0.122. The quantitative estimate of drug-likeness (QED) is 0.645. The van der Waals surface area contributed by atoms with Crippen molar-refractivity contribution in [3.63, 3.8) is 0 Å². The molecule has 1 aromatic carbocycles. The van der Waals surface area contributed by atoms with E-state index in [1.807, 2.05) is 47.4 Å². The number of carbonyl (C=O) groups is 1. The van der Waals surface area contributed by atoms with E-state index in [4.69, 9.17) is 0 Å². The Balaban J connectivity index is 1.44. The minimum absolute atomic E-state index is 0.00169. The van der Waals surface area contributed by atoms with Crippen molar-refractivity contribution < 1.29 is 4.79 Å². The molecule has 0 spiro atoms. The molecule has 1 aliphatic rings. The van der Waals surface area contributed by atoms with Crippen LogP contribution < -0.4 is 9.80 Å². The lowest BCUT2D eigenvalue weighted by atomic mass is 9.95. The van der Waals surface area contributed by atoms with Gasteiger partial charge in [-0.05, 0) is 47.5 Å². The molecule has 0 N–H and O–H groups in total. The average molecular weight is 363 g/mol. The number of fused-ring (bicyclic) bond motifs is 1. The molecular formula is C19H21N7O. The van der Waals surface area contributed by atoms with Crippen LogP contribution in [0.3, 0.4) is 0 Å². The Labute approximate surface area is 157 Å². The molecule has 1 fully saturated rings. The number of hydrogen-bond acceptors (Lipinski definition) is 6. The minimum Gasteiger partial charge on any atom is -0.355 e. The van der Waals surface area contributed by atoms with E-state index in [1.165, 1.54) is 4.63 Å². The van der Waals surface area contributed by atoms with Crippen LogP contribution in [0.2, 0.25) is 0 Å². The van der Waals surface area contributed by atoms with Gasteiger partial charge in [0.05, 0.1) is 0 Å². The van der Waals surface area contributed by atoms with Crippen LogP contribution in [0.15, 0.2) is 55.1 Å². The maximum absolute atomic E-state index is 13.1. The average Bonchev–Trinajstić information content (AvgIpc) is 3.20. The molecule has 3 heterocycles. The lowest BCUT2D eigenvalue weighted by Crippen LogP contribution is -2.43. The summed E-state index contributed by atoms with van der Waals surface area (Å²) < 4.78 is 1.42. The fourth-order valence-corrected chi connectivity index (χ4v) is 3.44. The molecule has 1 amide bonds. The Morgan fingerprint density at radius 1 is 1.19 bits per heavy atom. The molecule has 8 nitrogen and oxygen atoms in total. The van der Waals surface area contributed by atoms with Gasteiger partial charge in [-0.1, -0.05) is 24.3 Å². The Bertz CT molecular complexity index is 931. The molecule has 0 saturated carbocycles. The number of hydrogen-bond donors (Lipinski definition) is 0. The highest BCUT2D eigenvalue weighted by Crippen LogP contribution is 2.25. The number of aromatic nitrogens is 5. The normalized spacial score (nSPS) is 15.0. The van der Waals surface area contributed by atoms with E-state index in [0.717, 1.165) is 37.4 Å². The van der Waals surface area contributed by atoms with Crippen LogP contribution in [-0.4, -0.2) is 50.8 Å². The second-order valence-corrected chi connectivity index (χ2v) is 6.55. The number of tetrazole rings is 1. The van der Waals surface area contributed by atoms with Gasteiger partial charge >= 0.3 is 0 Å². The fourth-order valence-electron chi connectivity index (χ4n) is 3.44. The number of carbonyl (C=O) groups excluding carboxylic acids is 1. The molecule has 8 heteroatoms. The molecule has 1 saturated heterocycles. The first-order chi connectivity index (χ1) is 13.3. The fraction of sp³-hybridized carbons (Fsp3) is 0.316. The summed E-state index contributed by atoms with van der Waals surface area (Å²) in [6.45, 7) is 5.85. The molecule has 0 radical (unpaired) electrons. The van der Waals surface area contributed by atoms with E-state index >= 15 is 0 Å². The van der Waals surface area contributed by atoms with Gasteiger partial charge in [-0.15, -0.1) is 21.4 Å². The molecule has 0 atom stereocenters. The van der Waals surface area contributed by atoms with E-state index < -0.39 is 0 Å². The van der Waals surface area contributed by atoms with Crippen LogP contribution in [0.4, 0.5) is 11.5 Å².